The Kier molecular flexibility index (Phi) is 5.40. The summed E-state index contributed by atoms with van der Waals surface area (Å²) >= 11 is 11.9. The van der Waals surface area contributed by atoms with Gasteiger partial charge in [-0.1, -0.05) is 36.2 Å². The lowest BCUT2D eigenvalue weighted by Gasteiger charge is -2.17. The van der Waals surface area contributed by atoms with Crippen LogP contribution in [0.4, 0.5) is 0 Å². The van der Waals surface area contributed by atoms with E-state index in [9.17, 15) is 0 Å². The molecule has 0 saturated heterocycles. The van der Waals surface area contributed by atoms with Gasteiger partial charge in [0, 0.05) is 17.2 Å². The van der Waals surface area contributed by atoms with Crippen molar-refractivity contribution in [3.05, 3.63) is 33.8 Å². The van der Waals surface area contributed by atoms with Gasteiger partial charge in [-0.05, 0) is 24.1 Å². The van der Waals surface area contributed by atoms with Gasteiger partial charge >= 0.3 is 0 Å². The van der Waals surface area contributed by atoms with Gasteiger partial charge in [-0.2, -0.15) is 0 Å². The lowest BCUT2D eigenvalue weighted by atomic mass is 10.1. The molecule has 1 atom stereocenters. The van der Waals surface area contributed by atoms with Gasteiger partial charge in [0.15, 0.2) is 0 Å². The minimum absolute atomic E-state index is 0.0466. The Morgan fingerprint density at radius 2 is 2.07 bits per heavy atom. The first kappa shape index (κ1) is 12.8. The van der Waals surface area contributed by atoms with E-state index in [1.807, 2.05) is 19.1 Å². The molecule has 1 aromatic rings. The van der Waals surface area contributed by atoms with E-state index >= 15 is 0 Å². The Labute approximate surface area is 100 Å². The van der Waals surface area contributed by atoms with Crippen LogP contribution >= 0.6 is 23.2 Å². The summed E-state index contributed by atoms with van der Waals surface area (Å²) in [6, 6.07) is 5.41. The van der Waals surface area contributed by atoms with Crippen molar-refractivity contribution in [1.29, 1.82) is 0 Å². The summed E-state index contributed by atoms with van der Waals surface area (Å²) in [6.45, 7) is 2.29. The van der Waals surface area contributed by atoms with E-state index in [4.69, 9.17) is 32.7 Å². The summed E-state index contributed by atoms with van der Waals surface area (Å²) in [5.74, 6) is 0. The monoisotopic (exact) mass is 248 g/mol. The molecule has 0 heterocycles. The molecule has 0 aliphatic rings. The highest BCUT2D eigenvalue weighted by Crippen LogP contribution is 2.30. The lowest BCUT2D eigenvalue weighted by molar-refractivity contribution is -0.0742. The first-order valence-electron chi connectivity index (χ1n) is 4.74. The van der Waals surface area contributed by atoms with Gasteiger partial charge in [0.2, 0.25) is 0 Å². The Morgan fingerprint density at radius 3 is 2.60 bits per heavy atom. The molecule has 0 radical (unpaired) electrons. The zero-order valence-corrected chi connectivity index (χ0v) is 10.3. The second-order valence-corrected chi connectivity index (χ2v) is 3.98. The smallest absolute Gasteiger partial charge is 0.147 e. The average Bonchev–Trinajstić information content (AvgIpc) is 2.21. The fourth-order valence-corrected chi connectivity index (χ4v) is 1.87. The van der Waals surface area contributed by atoms with E-state index in [0.717, 1.165) is 12.0 Å². The van der Waals surface area contributed by atoms with Crippen molar-refractivity contribution in [2.75, 3.05) is 13.9 Å². The Bertz CT molecular complexity index is 315. The van der Waals surface area contributed by atoms with Crippen molar-refractivity contribution >= 4 is 23.2 Å². The number of methoxy groups -OCH3 is 1. The van der Waals surface area contributed by atoms with E-state index in [1.54, 1.807) is 13.2 Å². The van der Waals surface area contributed by atoms with Crippen LogP contribution in [-0.2, 0) is 9.47 Å². The zero-order valence-electron chi connectivity index (χ0n) is 8.80. The largest absolute Gasteiger partial charge is 0.359 e. The van der Waals surface area contributed by atoms with Crippen LogP contribution in [-0.4, -0.2) is 13.9 Å². The van der Waals surface area contributed by atoms with Gasteiger partial charge in [0.1, 0.15) is 6.79 Å². The SMILES string of the molecule is CCC(OCOC)c1ccc(Cl)cc1Cl. The van der Waals surface area contributed by atoms with Gasteiger partial charge in [-0.25, -0.2) is 0 Å². The van der Waals surface area contributed by atoms with Crippen LogP contribution in [0.3, 0.4) is 0 Å². The molecule has 0 bridgehead atoms. The van der Waals surface area contributed by atoms with Crippen LogP contribution in [0.2, 0.25) is 10.0 Å². The van der Waals surface area contributed by atoms with E-state index in [2.05, 4.69) is 0 Å². The third-order valence-corrected chi connectivity index (χ3v) is 2.63. The topological polar surface area (TPSA) is 18.5 Å². The zero-order chi connectivity index (χ0) is 11.3. The van der Waals surface area contributed by atoms with E-state index in [0.29, 0.717) is 10.0 Å². The molecule has 2 nitrogen and oxygen atoms in total. The number of benzene rings is 1. The molecule has 0 amide bonds. The molecule has 0 aromatic heterocycles. The van der Waals surface area contributed by atoms with Gasteiger partial charge in [0.25, 0.3) is 0 Å². The number of rotatable bonds is 5. The van der Waals surface area contributed by atoms with E-state index in [-0.39, 0.29) is 12.9 Å². The molecule has 0 fully saturated rings. The fourth-order valence-electron chi connectivity index (χ4n) is 1.34. The predicted molar refractivity (Wildman–Crippen MR) is 62.5 cm³/mol. The Balaban J connectivity index is 2.81. The highest BCUT2D eigenvalue weighted by atomic mass is 35.5. The van der Waals surface area contributed by atoms with Gasteiger partial charge in [-0.15, -0.1) is 0 Å². The molecule has 15 heavy (non-hydrogen) atoms. The standard InChI is InChI=1S/C11H14Cl2O2/c1-3-11(15-7-14-2)9-5-4-8(12)6-10(9)13/h4-6,11H,3,7H2,1-2H3. The Hall–Kier alpha value is -0.280. The third-order valence-electron chi connectivity index (χ3n) is 2.07. The van der Waals surface area contributed by atoms with E-state index < -0.39 is 0 Å². The summed E-state index contributed by atoms with van der Waals surface area (Å²) in [5, 5.41) is 1.26. The maximum Gasteiger partial charge on any atom is 0.147 e. The quantitative estimate of drug-likeness (QED) is 0.732. The van der Waals surface area contributed by atoms with Crippen LogP contribution in [0.1, 0.15) is 25.0 Å². The second-order valence-electron chi connectivity index (χ2n) is 3.14. The maximum atomic E-state index is 6.08. The van der Waals surface area contributed by atoms with Crippen LogP contribution in [0.5, 0.6) is 0 Å². The first-order chi connectivity index (χ1) is 7.19. The Morgan fingerprint density at radius 1 is 1.33 bits per heavy atom. The van der Waals surface area contributed by atoms with E-state index in [1.165, 1.54) is 0 Å². The summed E-state index contributed by atoms with van der Waals surface area (Å²) < 4.78 is 10.4. The number of halogens is 2. The molecule has 1 unspecified atom stereocenters. The molecular formula is C11H14Cl2O2. The molecular weight excluding hydrogens is 235 g/mol. The second kappa shape index (κ2) is 6.33. The predicted octanol–water partition coefficient (Wildman–Crippen LogP) is 4.07. The number of hydrogen-bond donors (Lipinski definition) is 0. The molecule has 0 saturated carbocycles. The van der Waals surface area contributed by atoms with Crippen LogP contribution in [0, 0.1) is 0 Å². The van der Waals surface area contributed by atoms with Gasteiger partial charge in [-0.3, -0.25) is 0 Å². The van der Waals surface area contributed by atoms with Crippen molar-refractivity contribution in [1.82, 2.24) is 0 Å². The van der Waals surface area contributed by atoms with Crippen LogP contribution in [0.15, 0.2) is 18.2 Å². The van der Waals surface area contributed by atoms with Gasteiger partial charge in [0.05, 0.1) is 6.10 Å². The van der Waals surface area contributed by atoms with Crippen molar-refractivity contribution in [3.8, 4) is 0 Å². The highest BCUT2D eigenvalue weighted by molar-refractivity contribution is 6.35. The molecule has 0 spiro atoms. The van der Waals surface area contributed by atoms with Crippen molar-refractivity contribution < 1.29 is 9.47 Å². The van der Waals surface area contributed by atoms with Crippen molar-refractivity contribution in [3.63, 3.8) is 0 Å². The maximum absolute atomic E-state index is 6.08. The van der Waals surface area contributed by atoms with Gasteiger partial charge < -0.3 is 9.47 Å². The summed E-state index contributed by atoms with van der Waals surface area (Å²) in [6.07, 6.45) is 0.791. The molecule has 1 rings (SSSR count). The fraction of sp³-hybridized carbons (Fsp3) is 0.455. The minimum atomic E-state index is -0.0466. The summed E-state index contributed by atoms with van der Waals surface area (Å²) in [5.41, 5.74) is 0.945. The van der Waals surface area contributed by atoms with Crippen molar-refractivity contribution in [2.45, 2.75) is 19.4 Å². The summed E-state index contributed by atoms with van der Waals surface area (Å²) in [4.78, 5) is 0. The molecule has 0 N–H and O–H groups in total. The molecule has 1 aromatic carbocycles. The number of ether oxygens (including phenoxy) is 2. The minimum Gasteiger partial charge on any atom is -0.359 e. The first-order valence-corrected chi connectivity index (χ1v) is 5.50. The van der Waals surface area contributed by atoms with Crippen LogP contribution < -0.4 is 0 Å². The molecule has 0 aliphatic carbocycles. The summed E-state index contributed by atoms with van der Waals surface area (Å²) in [7, 11) is 1.59. The van der Waals surface area contributed by atoms with Crippen LogP contribution in [0.25, 0.3) is 0 Å². The normalized spacial score (nSPS) is 12.8. The van der Waals surface area contributed by atoms with Crippen molar-refractivity contribution in [2.24, 2.45) is 0 Å². The number of hydrogen-bond acceptors (Lipinski definition) is 2. The average molecular weight is 249 g/mol. The highest BCUT2D eigenvalue weighted by Gasteiger charge is 2.13. The third kappa shape index (κ3) is 3.65. The molecule has 4 heteroatoms. The molecule has 0 aliphatic heterocycles. The molecule has 84 valence electrons. The lowest BCUT2D eigenvalue weighted by Crippen LogP contribution is -2.06.